The molecule has 7 nitrogen and oxygen atoms in total. The number of amides is 1. The van der Waals surface area contributed by atoms with E-state index in [0.29, 0.717) is 29.5 Å². The molecule has 0 aliphatic heterocycles. The van der Waals surface area contributed by atoms with Gasteiger partial charge >= 0.3 is 12.1 Å². The average Bonchev–Trinajstić information content (AvgIpc) is 2.70. The highest BCUT2D eigenvalue weighted by molar-refractivity contribution is 6.31. The number of rotatable bonds is 7. The van der Waals surface area contributed by atoms with Crippen LogP contribution in [0.3, 0.4) is 0 Å². The molecule has 2 aromatic rings. The first-order valence-corrected chi connectivity index (χ1v) is 9.44. The number of benzene rings is 1. The summed E-state index contributed by atoms with van der Waals surface area (Å²) in [6, 6.07) is 8.98. The highest BCUT2D eigenvalue weighted by atomic mass is 35.5. The van der Waals surface area contributed by atoms with Crippen LogP contribution < -0.4 is 10.1 Å². The number of carbonyl (C=O) groups is 2. The van der Waals surface area contributed by atoms with Gasteiger partial charge < -0.3 is 20.1 Å². The molecule has 31 heavy (non-hydrogen) atoms. The van der Waals surface area contributed by atoms with Gasteiger partial charge in [0.25, 0.3) is 5.91 Å². The maximum atomic E-state index is 12.4. The number of halogens is 4. The first-order chi connectivity index (χ1) is 14.4. The van der Waals surface area contributed by atoms with E-state index in [1.54, 1.807) is 42.5 Å². The molecule has 0 radical (unpaired) electrons. The number of carboxylic acids is 1. The van der Waals surface area contributed by atoms with Crippen LogP contribution in [-0.4, -0.2) is 59.3 Å². The van der Waals surface area contributed by atoms with Crippen molar-refractivity contribution in [2.24, 2.45) is 0 Å². The third-order valence-corrected chi connectivity index (χ3v) is 4.05. The molecular formula is C20H23ClF3N3O4. The van der Waals surface area contributed by atoms with Crippen molar-refractivity contribution in [3.05, 3.63) is 53.3 Å². The largest absolute Gasteiger partial charge is 0.492 e. The van der Waals surface area contributed by atoms with Crippen LogP contribution in [0.2, 0.25) is 5.02 Å². The summed E-state index contributed by atoms with van der Waals surface area (Å²) in [6.45, 7) is 5.01. The molecule has 2 N–H and O–H groups in total. The Kier molecular flexibility index (Phi) is 10.1. The van der Waals surface area contributed by atoms with E-state index < -0.39 is 12.1 Å². The molecule has 1 heterocycles. The van der Waals surface area contributed by atoms with Crippen LogP contribution >= 0.6 is 11.6 Å². The van der Waals surface area contributed by atoms with E-state index in [0.717, 1.165) is 5.69 Å². The van der Waals surface area contributed by atoms with Crippen LogP contribution in [0.4, 0.5) is 18.9 Å². The Morgan fingerprint density at radius 2 is 1.81 bits per heavy atom. The Morgan fingerprint density at radius 1 is 1.23 bits per heavy atom. The smallest absolute Gasteiger partial charge is 0.490 e. The van der Waals surface area contributed by atoms with Gasteiger partial charge in [0.05, 0.1) is 0 Å². The fourth-order valence-corrected chi connectivity index (χ4v) is 2.27. The van der Waals surface area contributed by atoms with Gasteiger partial charge in [-0.3, -0.25) is 9.78 Å². The fraction of sp³-hybridized carbons (Fsp3) is 0.350. The zero-order valence-corrected chi connectivity index (χ0v) is 17.9. The van der Waals surface area contributed by atoms with Gasteiger partial charge in [-0.1, -0.05) is 11.6 Å². The molecule has 2 rings (SSSR count). The van der Waals surface area contributed by atoms with E-state index in [1.807, 2.05) is 26.0 Å². The molecule has 0 saturated heterocycles. The van der Waals surface area contributed by atoms with E-state index in [1.165, 1.54) is 0 Å². The SMILES string of the molecule is CC(C)N(C)C(=O)c1cc(Cl)cc(OCCNc2ccncc2)c1.O=C(O)C(F)(F)F. The lowest BCUT2D eigenvalue weighted by atomic mass is 10.1. The molecule has 1 aromatic carbocycles. The number of hydrogen-bond acceptors (Lipinski definition) is 5. The van der Waals surface area contributed by atoms with Crippen molar-refractivity contribution in [3.63, 3.8) is 0 Å². The van der Waals surface area contributed by atoms with Crippen LogP contribution in [0.15, 0.2) is 42.7 Å². The lowest BCUT2D eigenvalue weighted by molar-refractivity contribution is -0.192. The van der Waals surface area contributed by atoms with Crippen molar-refractivity contribution in [2.75, 3.05) is 25.5 Å². The Hall–Kier alpha value is -3.01. The highest BCUT2D eigenvalue weighted by Gasteiger charge is 2.38. The second-order valence-corrected chi connectivity index (χ2v) is 6.94. The van der Waals surface area contributed by atoms with E-state index in [-0.39, 0.29) is 11.9 Å². The first kappa shape index (κ1) is 26.0. The summed E-state index contributed by atoms with van der Waals surface area (Å²) in [4.78, 5) is 26.9. The Bertz CT molecular complexity index is 864. The van der Waals surface area contributed by atoms with Gasteiger partial charge in [-0.05, 0) is 44.2 Å². The first-order valence-electron chi connectivity index (χ1n) is 9.06. The zero-order chi connectivity index (χ0) is 23.6. The van der Waals surface area contributed by atoms with Gasteiger partial charge in [0.1, 0.15) is 12.4 Å². The summed E-state index contributed by atoms with van der Waals surface area (Å²) in [6.07, 6.45) is -1.63. The maximum Gasteiger partial charge on any atom is 0.490 e. The summed E-state index contributed by atoms with van der Waals surface area (Å²) < 4.78 is 37.4. The van der Waals surface area contributed by atoms with Crippen LogP contribution in [0.1, 0.15) is 24.2 Å². The predicted octanol–water partition coefficient (Wildman–Crippen LogP) is 4.34. The van der Waals surface area contributed by atoms with Crippen LogP contribution in [0, 0.1) is 0 Å². The third-order valence-electron chi connectivity index (χ3n) is 3.84. The predicted molar refractivity (Wildman–Crippen MR) is 111 cm³/mol. The lowest BCUT2D eigenvalue weighted by Gasteiger charge is -2.22. The Labute approximate surface area is 182 Å². The fourth-order valence-electron chi connectivity index (χ4n) is 2.04. The third kappa shape index (κ3) is 9.56. The summed E-state index contributed by atoms with van der Waals surface area (Å²) in [7, 11) is 1.77. The van der Waals surface area contributed by atoms with E-state index >= 15 is 0 Å². The average molecular weight is 462 g/mol. The van der Waals surface area contributed by atoms with Crippen molar-refractivity contribution in [2.45, 2.75) is 26.1 Å². The number of aromatic nitrogens is 1. The Balaban J connectivity index is 0.000000592. The number of alkyl halides is 3. The Morgan fingerprint density at radius 3 is 2.32 bits per heavy atom. The molecule has 0 fully saturated rings. The van der Waals surface area contributed by atoms with Crippen LogP contribution in [0.5, 0.6) is 5.75 Å². The lowest BCUT2D eigenvalue weighted by Crippen LogP contribution is -2.32. The second kappa shape index (κ2) is 12.0. The maximum absolute atomic E-state index is 12.4. The van der Waals surface area contributed by atoms with Gasteiger partial charge in [0.15, 0.2) is 0 Å². The van der Waals surface area contributed by atoms with Gasteiger partial charge in [-0.2, -0.15) is 13.2 Å². The summed E-state index contributed by atoms with van der Waals surface area (Å²) in [5, 5.41) is 10.8. The van der Waals surface area contributed by atoms with Gasteiger partial charge in [0.2, 0.25) is 0 Å². The second-order valence-electron chi connectivity index (χ2n) is 6.50. The number of aliphatic carboxylic acids is 1. The van der Waals surface area contributed by atoms with E-state index in [9.17, 15) is 18.0 Å². The van der Waals surface area contributed by atoms with Crippen molar-refractivity contribution >= 4 is 29.2 Å². The monoisotopic (exact) mass is 461 g/mol. The molecule has 0 saturated carbocycles. The summed E-state index contributed by atoms with van der Waals surface area (Å²) in [5.74, 6) is -2.25. The number of ether oxygens (including phenoxy) is 1. The number of pyridine rings is 1. The number of nitrogens with one attached hydrogen (secondary N) is 1. The van der Waals surface area contributed by atoms with Crippen molar-refractivity contribution in [1.29, 1.82) is 0 Å². The minimum absolute atomic E-state index is 0.0766. The van der Waals surface area contributed by atoms with Gasteiger partial charge in [-0.25, -0.2) is 4.79 Å². The number of carboxylic acid groups (broad SMARTS) is 1. The number of hydrogen-bond donors (Lipinski definition) is 2. The molecule has 0 aliphatic carbocycles. The molecule has 170 valence electrons. The molecule has 0 atom stereocenters. The molecule has 1 aromatic heterocycles. The summed E-state index contributed by atoms with van der Waals surface area (Å²) in [5.41, 5.74) is 1.50. The number of anilines is 1. The van der Waals surface area contributed by atoms with Crippen molar-refractivity contribution in [3.8, 4) is 5.75 Å². The van der Waals surface area contributed by atoms with Crippen molar-refractivity contribution < 1.29 is 32.6 Å². The summed E-state index contributed by atoms with van der Waals surface area (Å²) >= 11 is 6.11. The zero-order valence-electron chi connectivity index (χ0n) is 17.1. The minimum atomic E-state index is -5.08. The minimum Gasteiger partial charge on any atom is -0.492 e. The molecule has 0 unspecified atom stereocenters. The van der Waals surface area contributed by atoms with E-state index in [2.05, 4.69) is 10.3 Å². The molecular weight excluding hydrogens is 439 g/mol. The standard InChI is InChI=1S/C18H22ClN3O2.C2HF3O2/c1-13(2)22(3)18(23)14-10-15(19)12-17(11-14)24-9-8-21-16-4-6-20-7-5-16;3-2(4,5)1(6)7/h4-7,10-13H,8-9H2,1-3H3,(H,20,21);(H,6,7). The van der Waals surface area contributed by atoms with Crippen molar-refractivity contribution in [1.82, 2.24) is 9.88 Å². The van der Waals surface area contributed by atoms with Crippen LogP contribution in [-0.2, 0) is 4.79 Å². The molecule has 1 amide bonds. The topological polar surface area (TPSA) is 91.8 Å². The molecule has 11 heteroatoms. The molecule has 0 spiro atoms. The van der Waals surface area contributed by atoms with Gasteiger partial charge in [-0.15, -0.1) is 0 Å². The molecule has 0 aliphatic rings. The highest BCUT2D eigenvalue weighted by Crippen LogP contribution is 2.22. The normalized spacial score (nSPS) is 10.7. The molecule has 0 bridgehead atoms. The quantitative estimate of drug-likeness (QED) is 0.596. The van der Waals surface area contributed by atoms with Crippen LogP contribution in [0.25, 0.3) is 0 Å². The number of nitrogens with zero attached hydrogens (tertiary/aromatic N) is 2. The number of carbonyl (C=O) groups excluding carboxylic acids is 1. The van der Waals surface area contributed by atoms with E-state index in [4.69, 9.17) is 26.2 Å². The van der Waals surface area contributed by atoms with Gasteiger partial charge in [0, 0.05) is 48.3 Å².